The first-order valence-corrected chi connectivity index (χ1v) is 13.8. The molecule has 0 saturated carbocycles. The Kier molecular flexibility index (Phi) is 5.68. The highest BCUT2D eigenvalue weighted by atomic mass is 79.9. The summed E-state index contributed by atoms with van der Waals surface area (Å²) in [7, 11) is -4.00. The van der Waals surface area contributed by atoms with Crippen molar-refractivity contribution in [2.75, 3.05) is 4.90 Å². The Morgan fingerprint density at radius 1 is 1.11 bits per heavy atom. The highest BCUT2D eigenvalue weighted by molar-refractivity contribution is 9.10. The monoisotopic (exact) mass is 572 g/mol. The number of fused-ring (bicyclic) bond motifs is 2. The van der Waals surface area contributed by atoms with Gasteiger partial charge in [0.1, 0.15) is 5.69 Å². The summed E-state index contributed by atoms with van der Waals surface area (Å²) in [5.74, 6) is -0.638. The van der Waals surface area contributed by atoms with Crippen LogP contribution in [0.25, 0.3) is 22.2 Å². The fourth-order valence-electron chi connectivity index (χ4n) is 5.07. The van der Waals surface area contributed by atoms with E-state index in [1.165, 1.54) is 22.9 Å². The van der Waals surface area contributed by atoms with Crippen LogP contribution in [-0.4, -0.2) is 33.5 Å². The summed E-state index contributed by atoms with van der Waals surface area (Å²) in [4.78, 5) is 19.9. The van der Waals surface area contributed by atoms with Crippen LogP contribution in [0.5, 0.6) is 0 Å². The lowest BCUT2D eigenvalue weighted by atomic mass is 10.0. The number of hydrogen-bond acceptors (Lipinski definition) is 5. The van der Waals surface area contributed by atoms with E-state index in [-0.39, 0.29) is 22.2 Å². The van der Waals surface area contributed by atoms with Crippen molar-refractivity contribution in [3.8, 4) is 11.3 Å². The van der Waals surface area contributed by atoms with Gasteiger partial charge < -0.3 is 4.90 Å². The minimum absolute atomic E-state index is 0.0105. The van der Waals surface area contributed by atoms with Gasteiger partial charge in [0.25, 0.3) is 15.6 Å². The summed E-state index contributed by atoms with van der Waals surface area (Å²) < 4.78 is 46.0. The Hall–Kier alpha value is -2.98. The molecule has 2 aromatic carbocycles. The van der Waals surface area contributed by atoms with E-state index in [0.717, 1.165) is 9.54 Å². The molecule has 4 aromatic rings. The molecule has 1 aliphatic rings. The number of aromatic nitrogens is 3. The molecule has 0 unspecified atom stereocenters. The third-order valence-corrected chi connectivity index (χ3v) is 8.77. The Labute approximate surface area is 217 Å². The van der Waals surface area contributed by atoms with Crippen molar-refractivity contribution in [1.29, 1.82) is 0 Å². The van der Waals surface area contributed by atoms with Gasteiger partial charge in [-0.25, -0.2) is 17.4 Å². The number of anilines is 1. The number of nitrogens with zero attached hydrogens (tertiary/aromatic N) is 4. The van der Waals surface area contributed by atoms with E-state index in [9.17, 15) is 13.2 Å². The van der Waals surface area contributed by atoms with Crippen molar-refractivity contribution < 1.29 is 12.8 Å². The summed E-state index contributed by atoms with van der Waals surface area (Å²) >= 11 is 3.43. The Morgan fingerprint density at radius 3 is 2.42 bits per heavy atom. The molecule has 0 radical (unpaired) electrons. The molecular formula is C26H26BrFN4O3S. The lowest BCUT2D eigenvalue weighted by Gasteiger charge is -2.35. The zero-order valence-corrected chi connectivity index (χ0v) is 23.0. The van der Waals surface area contributed by atoms with Gasteiger partial charge in [0, 0.05) is 27.7 Å². The highest BCUT2D eigenvalue weighted by Crippen LogP contribution is 2.38. The van der Waals surface area contributed by atoms with Gasteiger partial charge in [-0.05, 0) is 65.0 Å². The average molecular weight is 573 g/mol. The molecule has 7 nitrogen and oxygen atoms in total. The zero-order valence-electron chi connectivity index (χ0n) is 20.6. The molecule has 0 spiro atoms. The molecule has 36 heavy (non-hydrogen) atoms. The van der Waals surface area contributed by atoms with Crippen molar-refractivity contribution in [2.24, 2.45) is 0 Å². The van der Waals surface area contributed by atoms with E-state index in [1.54, 1.807) is 30.3 Å². The van der Waals surface area contributed by atoms with Crippen molar-refractivity contribution >= 4 is 42.8 Å². The minimum Gasteiger partial charge on any atom is -0.333 e. The van der Waals surface area contributed by atoms with Crippen molar-refractivity contribution in [2.45, 2.75) is 57.6 Å². The smallest absolute Gasteiger partial charge is 0.291 e. The molecule has 0 atom stereocenters. The molecule has 0 saturated heterocycles. The molecule has 0 amide bonds. The molecule has 0 fully saturated rings. The van der Waals surface area contributed by atoms with Crippen LogP contribution in [-0.2, 0) is 16.6 Å². The second-order valence-corrected chi connectivity index (χ2v) is 12.8. The molecular weight excluding hydrogens is 547 g/mol. The number of benzene rings is 2. The fourth-order valence-corrected chi connectivity index (χ4v) is 6.80. The van der Waals surface area contributed by atoms with E-state index >= 15 is 4.39 Å². The summed E-state index contributed by atoms with van der Waals surface area (Å²) in [5, 5.41) is 0.462. The van der Waals surface area contributed by atoms with Crippen molar-refractivity contribution in [3.05, 3.63) is 74.9 Å². The highest BCUT2D eigenvalue weighted by Gasteiger charge is 2.41. The molecule has 0 aliphatic carbocycles. The third-order valence-electron chi connectivity index (χ3n) is 6.59. The maximum absolute atomic E-state index is 15.6. The Bertz CT molecular complexity index is 1690. The first-order chi connectivity index (χ1) is 16.8. The molecule has 0 N–H and O–H groups in total. The van der Waals surface area contributed by atoms with Gasteiger partial charge in [0.15, 0.2) is 0 Å². The number of halogens is 2. The third kappa shape index (κ3) is 3.69. The second kappa shape index (κ2) is 8.27. The first kappa shape index (κ1) is 24.7. The minimum atomic E-state index is -4.00. The Morgan fingerprint density at radius 2 is 1.78 bits per heavy atom. The van der Waals surface area contributed by atoms with E-state index in [2.05, 4.69) is 20.9 Å². The Balaban J connectivity index is 1.80. The molecule has 2 aromatic heterocycles. The van der Waals surface area contributed by atoms with E-state index in [1.807, 2.05) is 39.5 Å². The lowest BCUT2D eigenvalue weighted by molar-refractivity contribution is 0.423. The van der Waals surface area contributed by atoms with Gasteiger partial charge >= 0.3 is 0 Å². The maximum atomic E-state index is 15.6. The van der Waals surface area contributed by atoms with Crippen LogP contribution < -0.4 is 10.5 Å². The molecule has 10 heteroatoms. The SMILES string of the molecule is Cc1ccc(S(=O)(=O)n2cc(-c3nc4n(c(=O)c3F)CC(C)(C)N4C(C)C)c3cc(Br)ccc32)cc1. The molecule has 5 rings (SSSR count). The van der Waals surface area contributed by atoms with Gasteiger partial charge in [-0.15, -0.1) is 0 Å². The van der Waals surface area contributed by atoms with Gasteiger partial charge in [-0.3, -0.25) is 9.36 Å². The van der Waals surface area contributed by atoms with Gasteiger partial charge in [0.2, 0.25) is 11.8 Å². The predicted molar refractivity (Wildman–Crippen MR) is 143 cm³/mol. The zero-order chi connectivity index (χ0) is 26.2. The van der Waals surface area contributed by atoms with Crippen LogP contribution in [0.1, 0.15) is 33.3 Å². The maximum Gasteiger partial charge on any atom is 0.291 e. The number of rotatable bonds is 4. The molecule has 0 bridgehead atoms. The van der Waals surface area contributed by atoms with Crippen LogP contribution in [0.3, 0.4) is 0 Å². The van der Waals surface area contributed by atoms with Crippen molar-refractivity contribution in [3.63, 3.8) is 0 Å². The first-order valence-electron chi connectivity index (χ1n) is 11.6. The molecule has 3 heterocycles. The van der Waals surface area contributed by atoms with E-state index in [0.29, 0.717) is 27.9 Å². The lowest BCUT2D eigenvalue weighted by Crippen LogP contribution is -2.45. The van der Waals surface area contributed by atoms with Crippen molar-refractivity contribution in [1.82, 2.24) is 13.5 Å². The predicted octanol–water partition coefficient (Wildman–Crippen LogP) is 5.32. The van der Waals surface area contributed by atoms with Gasteiger partial charge in [0.05, 0.1) is 22.5 Å². The van der Waals surface area contributed by atoms with Crippen LogP contribution in [0.15, 0.2) is 62.8 Å². The average Bonchev–Trinajstić information content (AvgIpc) is 3.30. The summed E-state index contributed by atoms with van der Waals surface area (Å²) in [6.45, 7) is 10.1. The summed E-state index contributed by atoms with van der Waals surface area (Å²) in [6.07, 6.45) is 1.36. The molecule has 1 aliphatic heterocycles. The van der Waals surface area contributed by atoms with Gasteiger partial charge in [-0.2, -0.15) is 4.39 Å². The summed E-state index contributed by atoms with van der Waals surface area (Å²) in [6, 6.07) is 11.6. The standard InChI is InChI=1S/C26H26BrFN4O3S/c1-15(2)32-25-29-23(22(28)24(33)30(25)14-26(32,4)5)20-13-31(21-11-8-17(27)12-19(20)21)36(34,35)18-9-6-16(3)7-10-18/h6-13,15H,14H2,1-5H3. The number of aryl methyl sites for hydroxylation is 1. The quantitative estimate of drug-likeness (QED) is 0.331. The van der Waals surface area contributed by atoms with Crippen LogP contribution in [0.4, 0.5) is 10.3 Å². The van der Waals surface area contributed by atoms with Crippen LogP contribution in [0.2, 0.25) is 0 Å². The summed E-state index contributed by atoms with van der Waals surface area (Å²) in [5.41, 5.74) is 0.132. The van der Waals surface area contributed by atoms with Crippen LogP contribution in [0, 0.1) is 12.7 Å². The van der Waals surface area contributed by atoms with Crippen LogP contribution >= 0.6 is 15.9 Å². The van der Waals surface area contributed by atoms with Gasteiger partial charge in [-0.1, -0.05) is 33.6 Å². The fraction of sp³-hybridized carbons (Fsp3) is 0.308. The normalized spacial score (nSPS) is 15.2. The number of hydrogen-bond donors (Lipinski definition) is 0. The van der Waals surface area contributed by atoms with E-state index in [4.69, 9.17) is 0 Å². The van der Waals surface area contributed by atoms with E-state index < -0.39 is 26.9 Å². The second-order valence-electron chi connectivity index (χ2n) is 10.1. The molecule has 188 valence electrons. The largest absolute Gasteiger partial charge is 0.333 e. The topological polar surface area (TPSA) is 77.2 Å².